The van der Waals surface area contributed by atoms with Crippen LogP contribution >= 0.6 is 0 Å². The highest BCUT2D eigenvalue weighted by atomic mass is 16.5. The van der Waals surface area contributed by atoms with Gasteiger partial charge in [-0.2, -0.15) is 0 Å². The highest BCUT2D eigenvalue weighted by Crippen LogP contribution is 1.92. The Morgan fingerprint density at radius 2 is 1.94 bits per heavy atom. The van der Waals surface area contributed by atoms with E-state index in [2.05, 4.69) is 16.6 Å². The molecule has 0 fully saturated rings. The molecular weight excluding hydrogens is 238 g/mol. The molecule has 0 bridgehead atoms. The lowest BCUT2D eigenvalue weighted by atomic mass is 10.3. The highest BCUT2D eigenvalue weighted by Gasteiger charge is 2.07. The largest absolute Gasteiger partial charge is 0.463 e. The Morgan fingerprint density at radius 3 is 2.50 bits per heavy atom. The molecule has 0 aliphatic carbocycles. The molecule has 0 aliphatic rings. The van der Waals surface area contributed by atoms with Crippen molar-refractivity contribution >= 4 is 17.8 Å². The first-order valence-electron chi connectivity index (χ1n) is 5.71. The minimum absolute atomic E-state index is 0.00682. The van der Waals surface area contributed by atoms with Crippen LogP contribution in [0.15, 0.2) is 12.7 Å². The number of ether oxygens (including phenoxy) is 2. The smallest absolute Gasteiger partial charge is 0.330 e. The fourth-order valence-corrected chi connectivity index (χ4v) is 1.02. The van der Waals surface area contributed by atoms with Crippen molar-refractivity contribution in [2.24, 2.45) is 0 Å². The lowest BCUT2D eigenvalue weighted by Crippen LogP contribution is -2.28. The molecule has 0 saturated heterocycles. The van der Waals surface area contributed by atoms with Gasteiger partial charge in [-0.15, -0.1) is 0 Å². The third-order valence-electron chi connectivity index (χ3n) is 1.76. The van der Waals surface area contributed by atoms with E-state index in [9.17, 15) is 14.4 Å². The highest BCUT2D eigenvalue weighted by molar-refractivity contribution is 5.82. The van der Waals surface area contributed by atoms with E-state index >= 15 is 0 Å². The molecule has 1 N–H and O–H groups in total. The van der Waals surface area contributed by atoms with Gasteiger partial charge >= 0.3 is 11.9 Å². The summed E-state index contributed by atoms with van der Waals surface area (Å²) in [6.45, 7) is 6.93. The van der Waals surface area contributed by atoms with Crippen LogP contribution in [0.1, 0.15) is 26.7 Å². The van der Waals surface area contributed by atoms with Gasteiger partial charge in [0.2, 0.25) is 5.91 Å². The Labute approximate surface area is 106 Å². The second-order valence-electron chi connectivity index (χ2n) is 3.76. The normalized spacial score (nSPS) is 9.72. The minimum atomic E-state index is -0.566. The van der Waals surface area contributed by atoms with Gasteiger partial charge in [-0.05, 0) is 13.8 Å². The third kappa shape index (κ3) is 9.38. The molecule has 18 heavy (non-hydrogen) atoms. The number of hydrogen-bond donors (Lipinski definition) is 1. The van der Waals surface area contributed by atoms with Gasteiger partial charge in [0.25, 0.3) is 0 Å². The van der Waals surface area contributed by atoms with Crippen molar-refractivity contribution in [3.8, 4) is 0 Å². The number of esters is 2. The van der Waals surface area contributed by atoms with E-state index in [1.165, 1.54) is 0 Å². The van der Waals surface area contributed by atoms with E-state index in [-0.39, 0.29) is 44.0 Å². The average molecular weight is 257 g/mol. The summed E-state index contributed by atoms with van der Waals surface area (Å²) in [7, 11) is 0. The van der Waals surface area contributed by atoms with E-state index in [1.807, 2.05) is 0 Å². The van der Waals surface area contributed by atoms with Crippen molar-refractivity contribution < 1.29 is 23.9 Å². The first kappa shape index (κ1) is 16.1. The predicted octanol–water partition coefficient (Wildman–Crippen LogP) is 0.564. The zero-order valence-electron chi connectivity index (χ0n) is 10.7. The first-order valence-corrected chi connectivity index (χ1v) is 5.71. The molecule has 102 valence electrons. The van der Waals surface area contributed by atoms with Crippen molar-refractivity contribution in [1.29, 1.82) is 0 Å². The zero-order chi connectivity index (χ0) is 14.0. The molecule has 6 heteroatoms. The molecule has 6 nitrogen and oxygen atoms in total. The number of nitrogens with one attached hydrogen (secondary N) is 1. The maximum absolute atomic E-state index is 11.2. The Bertz CT molecular complexity index is 312. The molecule has 0 atom stereocenters. The second-order valence-corrected chi connectivity index (χ2v) is 3.76. The van der Waals surface area contributed by atoms with E-state index in [0.717, 1.165) is 6.08 Å². The molecule has 0 saturated carbocycles. The lowest BCUT2D eigenvalue weighted by Gasteiger charge is -2.08. The van der Waals surface area contributed by atoms with Gasteiger partial charge < -0.3 is 14.8 Å². The lowest BCUT2D eigenvalue weighted by molar-refractivity contribution is -0.147. The summed E-state index contributed by atoms with van der Waals surface area (Å²) in [4.78, 5) is 33.0. The second kappa shape index (κ2) is 9.21. The van der Waals surface area contributed by atoms with Gasteiger partial charge in [0.15, 0.2) is 0 Å². The van der Waals surface area contributed by atoms with Crippen molar-refractivity contribution in [1.82, 2.24) is 5.32 Å². The third-order valence-corrected chi connectivity index (χ3v) is 1.76. The Morgan fingerprint density at radius 1 is 1.28 bits per heavy atom. The number of amides is 1. The number of carbonyl (C=O) groups excluding carboxylic acids is 3. The van der Waals surface area contributed by atoms with Crippen LogP contribution in [0.4, 0.5) is 0 Å². The Hall–Kier alpha value is -1.85. The van der Waals surface area contributed by atoms with Crippen molar-refractivity contribution in [2.75, 3.05) is 13.2 Å². The van der Waals surface area contributed by atoms with Crippen LogP contribution in [0, 0.1) is 0 Å². The van der Waals surface area contributed by atoms with Crippen molar-refractivity contribution in [2.45, 2.75) is 32.8 Å². The zero-order valence-corrected chi connectivity index (χ0v) is 10.7. The van der Waals surface area contributed by atoms with Crippen LogP contribution in [-0.4, -0.2) is 37.1 Å². The van der Waals surface area contributed by atoms with Crippen LogP contribution in [0.5, 0.6) is 0 Å². The summed E-state index contributed by atoms with van der Waals surface area (Å²) in [6.07, 6.45) is 1.04. The molecule has 0 rings (SSSR count). The van der Waals surface area contributed by atoms with E-state index in [1.54, 1.807) is 13.8 Å². The minimum Gasteiger partial charge on any atom is -0.463 e. The van der Waals surface area contributed by atoms with Crippen molar-refractivity contribution in [3.63, 3.8) is 0 Å². The molecule has 0 aliphatic heterocycles. The standard InChI is InChI=1S/C12H19NO5/c1-4-11(15)17-8-6-10(14)13-7-5-12(16)18-9(2)3/h4,9H,1,5-8H2,2-3H3,(H,13,14). The van der Waals surface area contributed by atoms with Gasteiger partial charge in [-0.3, -0.25) is 9.59 Å². The van der Waals surface area contributed by atoms with Gasteiger partial charge in [0.1, 0.15) is 6.61 Å². The molecular formula is C12H19NO5. The topological polar surface area (TPSA) is 81.7 Å². The van der Waals surface area contributed by atoms with E-state index in [0.29, 0.717) is 0 Å². The summed E-state index contributed by atoms with van der Waals surface area (Å²) in [5.74, 6) is -1.21. The molecule has 0 spiro atoms. The molecule has 0 unspecified atom stereocenters. The molecule has 0 radical (unpaired) electrons. The van der Waals surface area contributed by atoms with Gasteiger partial charge in [0.05, 0.1) is 18.9 Å². The molecule has 0 aromatic heterocycles. The molecule has 0 aromatic rings. The maximum Gasteiger partial charge on any atom is 0.330 e. The summed E-state index contributed by atoms with van der Waals surface area (Å²) >= 11 is 0. The molecule has 1 amide bonds. The monoisotopic (exact) mass is 257 g/mol. The Balaban J connectivity index is 3.56. The number of hydrogen-bond acceptors (Lipinski definition) is 5. The SMILES string of the molecule is C=CC(=O)OCCC(=O)NCCC(=O)OC(C)C. The van der Waals surface area contributed by atoms with Crippen LogP contribution in [0.2, 0.25) is 0 Å². The van der Waals surface area contributed by atoms with Gasteiger partial charge in [-0.25, -0.2) is 4.79 Å². The maximum atomic E-state index is 11.2. The number of rotatable bonds is 8. The first-order chi connectivity index (χ1) is 8.45. The predicted molar refractivity (Wildman–Crippen MR) is 64.6 cm³/mol. The van der Waals surface area contributed by atoms with Crippen LogP contribution in [0.25, 0.3) is 0 Å². The summed E-state index contributed by atoms with van der Waals surface area (Å²) in [6, 6.07) is 0. The van der Waals surface area contributed by atoms with Gasteiger partial charge in [-0.1, -0.05) is 6.58 Å². The van der Waals surface area contributed by atoms with E-state index < -0.39 is 5.97 Å². The summed E-state index contributed by atoms with van der Waals surface area (Å²) < 4.78 is 9.52. The van der Waals surface area contributed by atoms with Gasteiger partial charge in [0, 0.05) is 12.6 Å². The quantitative estimate of drug-likeness (QED) is 0.507. The summed E-state index contributed by atoms with van der Waals surface area (Å²) in [5, 5.41) is 2.52. The van der Waals surface area contributed by atoms with Crippen LogP contribution < -0.4 is 5.32 Å². The Kier molecular flexibility index (Phi) is 8.26. The van der Waals surface area contributed by atoms with Crippen LogP contribution in [-0.2, 0) is 23.9 Å². The average Bonchev–Trinajstić information content (AvgIpc) is 2.27. The fraction of sp³-hybridized carbons (Fsp3) is 0.583. The van der Waals surface area contributed by atoms with Crippen molar-refractivity contribution in [3.05, 3.63) is 12.7 Å². The number of carbonyl (C=O) groups is 3. The molecule has 0 heterocycles. The summed E-state index contributed by atoms with van der Waals surface area (Å²) in [5.41, 5.74) is 0. The van der Waals surface area contributed by atoms with E-state index in [4.69, 9.17) is 4.74 Å². The fourth-order valence-electron chi connectivity index (χ4n) is 1.02. The van der Waals surface area contributed by atoms with Crippen LogP contribution in [0.3, 0.4) is 0 Å². The molecule has 0 aromatic carbocycles.